The van der Waals surface area contributed by atoms with E-state index >= 15 is 0 Å². The molecular weight excluding hydrogens is 1400 g/mol. The van der Waals surface area contributed by atoms with E-state index in [1.54, 1.807) is 41.0 Å². The zero-order chi connectivity index (χ0) is 73.5. The normalized spacial score (nSPS) is 18.5. The summed E-state index contributed by atoms with van der Waals surface area (Å²) in [5, 5.41) is 8.28. The van der Waals surface area contributed by atoms with Gasteiger partial charge in [-0.05, 0) is 220 Å². The maximum absolute atomic E-state index is 14.3. The molecule has 0 radical (unpaired) electrons. The van der Waals surface area contributed by atoms with E-state index in [-0.39, 0.29) is 42.4 Å². The van der Waals surface area contributed by atoms with Crippen molar-refractivity contribution in [3.8, 4) is 0 Å². The number of fused-ring (bicyclic) bond motifs is 6. The van der Waals surface area contributed by atoms with Crippen LogP contribution in [0.2, 0.25) is 15.1 Å². The first-order chi connectivity index (χ1) is 50.5. The van der Waals surface area contributed by atoms with Crippen molar-refractivity contribution in [3.05, 3.63) is 289 Å². The lowest BCUT2D eigenvalue weighted by atomic mass is 9.94. The number of hydrogen-bond donors (Lipinski definition) is 2. The van der Waals surface area contributed by atoms with Crippen LogP contribution in [0.15, 0.2) is 196 Å². The fraction of sp³-hybridized carbons (Fsp3) is 0.329. The molecule has 5 atom stereocenters. The van der Waals surface area contributed by atoms with Gasteiger partial charge in [-0.3, -0.25) is 34.3 Å². The SMILES string of the molecule is CC(C)(C)OC(=O)N1CCN(C2c3ccc(Cl)cc3CCc3cccnc32)[C@@H](C(=O)Nc2cccc(Cn3ccnc3)c2)C1.CC(C)(C)OC(=O)N1CCN([C@@H]2c3ccc(Cl)cc3CCc3cccnc32)[C@@H](C(=O)Nc2cccc(Cn3ccnc3)c2)C1.Clc1ccc2c(c1)CCc1cccnc1C2Cl. The minimum atomic E-state index is -0.671. The molecule has 105 heavy (non-hydrogen) atoms. The summed E-state index contributed by atoms with van der Waals surface area (Å²) in [7, 11) is 0. The highest BCUT2D eigenvalue weighted by Gasteiger charge is 2.45. The maximum atomic E-state index is 14.3. The van der Waals surface area contributed by atoms with Crippen molar-refractivity contribution in [1.82, 2.24) is 53.7 Å². The lowest BCUT2D eigenvalue weighted by Crippen LogP contribution is -2.60. The summed E-state index contributed by atoms with van der Waals surface area (Å²) >= 11 is 25.5. The van der Waals surface area contributed by atoms with Gasteiger partial charge in [0.25, 0.3) is 0 Å². The van der Waals surface area contributed by atoms with Crippen molar-refractivity contribution in [2.75, 3.05) is 49.9 Å². The van der Waals surface area contributed by atoms with Crippen molar-refractivity contribution >= 4 is 81.8 Å². The number of rotatable bonds is 10. The van der Waals surface area contributed by atoms with Crippen molar-refractivity contribution in [3.63, 3.8) is 0 Å². The van der Waals surface area contributed by atoms with Crippen LogP contribution in [-0.4, -0.2) is 140 Å². The number of halogens is 4. The first-order valence-electron chi connectivity index (χ1n) is 35.5. The maximum Gasteiger partial charge on any atom is 0.410 e. The lowest BCUT2D eigenvalue weighted by Gasteiger charge is -2.44. The molecule has 19 nitrogen and oxygen atoms in total. The highest BCUT2D eigenvalue weighted by Crippen LogP contribution is 2.42. The molecule has 0 spiro atoms. The van der Waals surface area contributed by atoms with Gasteiger partial charge in [-0.2, -0.15) is 0 Å². The average molecular weight is 1490 g/mol. The molecule has 3 aliphatic carbocycles. The first kappa shape index (κ1) is 73.8. The summed E-state index contributed by atoms with van der Waals surface area (Å²) in [6, 6.07) is 43.8. The van der Waals surface area contributed by atoms with E-state index in [1.807, 2.05) is 185 Å². The second-order valence-electron chi connectivity index (χ2n) is 29.0. The second-order valence-corrected chi connectivity index (χ2v) is 30.8. The predicted octanol–water partition coefficient (Wildman–Crippen LogP) is 15.6. The Kier molecular flexibility index (Phi) is 22.8. The highest BCUT2D eigenvalue weighted by molar-refractivity contribution is 6.31. The van der Waals surface area contributed by atoms with Crippen LogP contribution in [0, 0.1) is 0 Å². The Balaban J connectivity index is 0.000000152. The zero-order valence-electron chi connectivity index (χ0n) is 59.6. The van der Waals surface area contributed by atoms with E-state index in [4.69, 9.17) is 65.8 Å². The second kappa shape index (κ2) is 32.5. The number of nitrogens with zero attached hydrogens (tertiary/aromatic N) is 11. The van der Waals surface area contributed by atoms with Gasteiger partial charge >= 0.3 is 12.2 Å². The van der Waals surface area contributed by atoms with E-state index in [9.17, 15) is 19.2 Å². The Morgan fingerprint density at radius 1 is 0.448 bits per heavy atom. The summed E-state index contributed by atoms with van der Waals surface area (Å²) in [5.74, 6) is -0.398. The van der Waals surface area contributed by atoms with Gasteiger partial charge in [0.1, 0.15) is 28.7 Å². The van der Waals surface area contributed by atoms with Gasteiger partial charge in [0.05, 0.1) is 41.8 Å². The zero-order valence-corrected chi connectivity index (χ0v) is 62.7. The monoisotopic (exact) mass is 1490 g/mol. The number of nitrogens with one attached hydrogen (secondary N) is 2. The van der Waals surface area contributed by atoms with Crippen LogP contribution in [-0.2, 0) is 70.7 Å². The molecule has 0 saturated carbocycles. The Morgan fingerprint density at radius 2 is 0.829 bits per heavy atom. The number of alkyl halides is 1. The van der Waals surface area contributed by atoms with Crippen LogP contribution >= 0.6 is 46.4 Å². The van der Waals surface area contributed by atoms with Gasteiger partial charge in [-0.1, -0.05) is 95.5 Å². The number of benzene rings is 5. The summed E-state index contributed by atoms with van der Waals surface area (Å²) in [6.45, 7) is 14.5. The van der Waals surface area contributed by atoms with Gasteiger partial charge in [-0.15, -0.1) is 11.6 Å². The van der Waals surface area contributed by atoms with Gasteiger partial charge in [0.2, 0.25) is 11.8 Å². The largest absolute Gasteiger partial charge is 0.444 e. The number of hydrogen-bond acceptors (Lipinski definition) is 13. The van der Waals surface area contributed by atoms with Crippen molar-refractivity contribution in [1.29, 1.82) is 0 Å². The quantitative estimate of drug-likeness (QED) is 0.123. The van der Waals surface area contributed by atoms with Crippen LogP contribution < -0.4 is 10.6 Å². The number of carbonyl (C=O) groups excluding carboxylic acids is 4. The highest BCUT2D eigenvalue weighted by atomic mass is 35.5. The predicted molar refractivity (Wildman–Crippen MR) is 410 cm³/mol. The van der Waals surface area contributed by atoms with Crippen LogP contribution in [0.25, 0.3) is 0 Å². The van der Waals surface area contributed by atoms with E-state index in [0.29, 0.717) is 60.7 Å². The molecule has 2 aliphatic heterocycles. The fourth-order valence-electron chi connectivity index (χ4n) is 14.6. The standard InChI is InChI=1S/2C34H37ClN6O3.C14H11Cl2N/c2*1-34(2,3)44-33(43)40-16-17-41(31-28-12-11-26(35)19-25(28)10-9-24-7-5-13-37-30(24)31)29(21-40)32(42)38-27-8-4-6-23(18-27)20-39-15-14-36-22-39;15-11-5-6-12-10(8-11)4-3-9-2-1-7-17-14(9)13(12)16/h2*4-8,11-15,18-19,22,29,31H,9-10,16-17,20-21H2,1-3H3,(H,38,42);1-2,5-8,13H,3-4H2/t29-,31?;29-,31-;/m11./s1. The number of piperazine rings is 2. The number of carbonyl (C=O) groups is 4. The Labute approximate surface area is 632 Å². The molecule has 10 aromatic rings. The number of pyridine rings is 3. The molecule has 23 heteroatoms. The van der Waals surface area contributed by atoms with Crippen LogP contribution in [0.3, 0.4) is 0 Å². The molecule has 5 aromatic carbocycles. The van der Waals surface area contributed by atoms with Crippen LogP contribution in [0.5, 0.6) is 0 Å². The molecule has 2 fully saturated rings. The third-order valence-electron chi connectivity index (χ3n) is 19.4. The third-order valence-corrected chi connectivity index (χ3v) is 20.5. The third kappa shape index (κ3) is 18.1. The lowest BCUT2D eigenvalue weighted by molar-refractivity contribution is -0.125. The van der Waals surface area contributed by atoms with Gasteiger partial charge in [-0.25, -0.2) is 19.6 Å². The molecule has 15 rings (SSSR count). The number of amides is 4. The van der Waals surface area contributed by atoms with Crippen molar-refractivity contribution in [2.45, 2.75) is 134 Å². The number of aryl methyl sites for hydroxylation is 6. The minimum Gasteiger partial charge on any atom is -0.444 e. The minimum absolute atomic E-state index is 0.166. The molecule has 542 valence electrons. The molecule has 7 heterocycles. The van der Waals surface area contributed by atoms with Crippen LogP contribution in [0.4, 0.5) is 21.0 Å². The van der Waals surface area contributed by atoms with Crippen molar-refractivity contribution < 1.29 is 28.7 Å². The Hall–Kier alpha value is -9.47. The molecular formula is C82H85Cl4N13O6. The number of ether oxygens (including phenoxy) is 2. The molecule has 4 amide bonds. The number of aromatic nitrogens is 7. The average Bonchev–Trinajstić information content (AvgIpc) is 1.76. The summed E-state index contributed by atoms with van der Waals surface area (Å²) in [4.78, 5) is 85.1. The molecule has 2 saturated heterocycles. The summed E-state index contributed by atoms with van der Waals surface area (Å²) in [5.41, 5.74) is 15.3. The number of imidazole rings is 2. The van der Waals surface area contributed by atoms with Crippen molar-refractivity contribution in [2.24, 2.45) is 0 Å². The molecule has 0 bridgehead atoms. The van der Waals surface area contributed by atoms with Gasteiger partial charge in [0.15, 0.2) is 0 Å². The Morgan fingerprint density at radius 3 is 1.23 bits per heavy atom. The van der Waals surface area contributed by atoms with Gasteiger partial charge < -0.3 is 39.0 Å². The van der Waals surface area contributed by atoms with E-state index in [1.165, 1.54) is 11.1 Å². The van der Waals surface area contributed by atoms with E-state index < -0.39 is 35.5 Å². The molecule has 2 N–H and O–H groups in total. The Bertz CT molecular complexity index is 4510. The fourth-order valence-corrected chi connectivity index (χ4v) is 15.6. The topological polar surface area (TPSA) is 198 Å². The van der Waals surface area contributed by atoms with E-state index in [2.05, 4.69) is 65.7 Å². The smallest absolute Gasteiger partial charge is 0.410 e. The van der Waals surface area contributed by atoms with Gasteiger partial charge in [0, 0.05) is 122 Å². The molecule has 5 aromatic heterocycles. The molecule has 5 aliphatic rings. The van der Waals surface area contributed by atoms with Crippen LogP contribution in [0.1, 0.15) is 137 Å². The summed E-state index contributed by atoms with van der Waals surface area (Å²) in [6.07, 6.45) is 20.6. The van der Waals surface area contributed by atoms with E-state index in [0.717, 1.165) is 111 Å². The number of anilines is 2. The first-order valence-corrected chi connectivity index (χ1v) is 37.1. The summed E-state index contributed by atoms with van der Waals surface area (Å²) < 4.78 is 15.4. The molecule has 2 unspecified atom stereocenters.